The molecule has 1 aliphatic rings. The topological polar surface area (TPSA) is 42.0 Å². The molecule has 1 saturated heterocycles. The van der Waals surface area contributed by atoms with Crippen LogP contribution in [0.4, 0.5) is 0 Å². The smallest absolute Gasteiger partial charge is 0.397 e. The minimum absolute atomic E-state index is 0. The zero-order valence-corrected chi connectivity index (χ0v) is 11.1. The van der Waals surface area contributed by atoms with Crippen LogP contribution in [0.1, 0.15) is 13.3 Å². The van der Waals surface area contributed by atoms with Crippen LogP contribution in [0.15, 0.2) is 0 Å². The van der Waals surface area contributed by atoms with Crippen LogP contribution >= 0.6 is 0 Å². The summed E-state index contributed by atoms with van der Waals surface area (Å²) in [5, 5.41) is 7.57. The predicted molar refractivity (Wildman–Crippen MR) is 56.1 cm³/mol. The second-order valence-electron chi connectivity index (χ2n) is 2.20. The Labute approximate surface area is 104 Å². The summed E-state index contributed by atoms with van der Waals surface area (Å²) in [6.45, 7) is 7.98. The number of aliphatic hydroxyl groups excluding tert-OH is 1. The van der Waals surface area contributed by atoms with E-state index >= 15 is 0 Å². The maximum absolute atomic E-state index is 7.57. The number of aliphatic hydroxyl groups is 1. The fraction of sp³-hybridized carbons (Fsp3) is 0.700. The molecule has 3 nitrogen and oxygen atoms in total. The van der Waals surface area contributed by atoms with E-state index in [1.165, 1.54) is 0 Å². The summed E-state index contributed by atoms with van der Waals surface area (Å²) in [5.41, 5.74) is 0. The zero-order chi connectivity index (χ0) is 8.53. The molecule has 0 spiro atoms. The zero-order valence-electron chi connectivity index (χ0n) is 9.58. The van der Waals surface area contributed by atoms with Gasteiger partial charge < -0.3 is 36.4 Å². The van der Waals surface area contributed by atoms with Crippen molar-refractivity contribution in [3.63, 3.8) is 0 Å². The third kappa shape index (κ3) is 22.9. The summed E-state index contributed by atoms with van der Waals surface area (Å²) in [6.07, 6.45) is 1.26. The Bertz CT molecular complexity index is 77.8. The average molecular weight is 239 g/mol. The van der Waals surface area contributed by atoms with Crippen LogP contribution in [0.3, 0.4) is 0 Å². The second kappa shape index (κ2) is 19.2. The summed E-state index contributed by atoms with van der Waals surface area (Å²) >= 11 is 0. The van der Waals surface area contributed by atoms with E-state index in [9.17, 15) is 0 Å². The summed E-state index contributed by atoms with van der Waals surface area (Å²) in [4.78, 5) is 0. The first-order valence-electron chi connectivity index (χ1n) is 3.94. The number of rotatable bonds is 4. The Hall–Kier alpha value is 0.594. The van der Waals surface area contributed by atoms with Crippen molar-refractivity contribution in [2.24, 2.45) is 0 Å². The Balaban J connectivity index is -0.0000000758. The van der Waals surface area contributed by atoms with Gasteiger partial charge in [0.15, 0.2) is 0 Å². The summed E-state index contributed by atoms with van der Waals surface area (Å²) < 4.78 is 10.0. The van der Waals surface area contributed by atoms with Crippen LogP contribution in [0.25, 0.3) is 0 Å². The largest absolute Gasteiger partial charge is 3.00 e. The van der Waals surface area contributed by atoms with Gasteiger partial charge in [-0.3, -0.25) is 0 Å². The molecular formula is C10H23O3Ti. The van der Waals surface area contributed by atoms with Crippen LogP contribution in [0, 0.1) is 21.8 Å². The molecule has 4 heteroatoms. The standard InChI is InChI=1S/C6H11O2.C2H6O.2CH3.Ti/c1-2-3-7-4-6-5-8-6;1-2-3;;;/h6H,1-5H2;3H,2H2,1H3;2*1H3;/q-1;;2*-1;+3. The molecule has 1 aliphatic heterocycles. The molecule has 1 rings (SSSR count). The number of epoxide rings is 1. The van der Waals surface area contributed by atoms with Crippen molar-refractivity contribution in [3.05, 3.63) is 21.8 Å². The molecule has 14 heavy (non-hydrogen) atoms. The molecule has 1 fully saturated rings. The van der Waals surface area contributed by atoms with Crippen LogP contribution in [0.2, 0.25) is 0 Å². The first kappa shape index (κ1) is 24.0. The van der Waals surface area contributed by atoms with E-state index in [1.807, 2.05) is 0 Å². The summed E-state index contributed by atoms with van der Waals surface area (Å²) in [7, 11) is 0. The minimum Gasteiger partial charge on any atom is -0.397 e. The van der Waals surface area contributed by atoms with E-state index in [2.05, 4.69) is 6.92 Å². The normalized spacial score (nSPS) is 16.1. The van der Waals surface area contributed by atoms with Gasteiger partial charge in [0.2, 0.25) is 0 Å². The van der Waals surface area contributed by atoms with E-state index in [1.54, 1.807) is 6.92 Å². The molecule has 0 aromatic carbocycles. The average Bonchev–Trinajstić information content (AvgIpc) is 2.74. The minimum atomic E-state index is 0. The number of hydrogen-bond donors (Lipinski definition) is 1. The predicted octanol–water partition coefficient (Wildman–Crippen LogP) is 1.52. The van der Waals surface area contributed by atoms with E-state index in [4.69, 9.17) is 14.6 Å². The van der Waals surface area contributed by atoms with Crippen molar-refractivity contribution in [2.75, 3.05) is 26.4 Å². The molecule has 1 atom stereocenters. The van der Waals surface area contributed by atoms with Crippen molar-refractivity contribution in [3.8, 4) is 0 Å². The number of hydrogen-bond acceptors (Lipinski definition) is 3. The molecule has 85 valence electrons. The van der Waals surface area contributed by atoms with E-state index in [-0.39, 0.29) is 43.2 Å². The van der Waals surface area contributed by atoms with Crippen molar-refractivity contribution in [1.29, 1.82) is 0 Å². The van der Waals surface area contributed by atoms with Crippen LogP contribution < -0.4 is 0 Å². The monoisotopic (exact) mass is 239 g/mol. The molecule has 1 radical (unpaired) electrons. The van der Waals surface area contributed by atoms with Gasteiger partial charge in [0, 0.05) is 13.2 Å². The first-order valence-corrected chi connectivity index (χ1v) is 3.94. The Morgan fingerprint density at radius 2 is 1.93 bits per heavy atom. The van der Waals surface area contributed by atoms with Crippen molar-refractivity contribution in [1.82, 2.24) is 0 Å². The fourth-order valence-corrected chi connectivity index (χ4v) is 0.481. The van der Waals surface area contributed by atoms with Crippen LogP contribution in [0.5, 0.6) is 0 Å². The second-order valence-corrected chi connectivity index (χ2v) is 2.20. The van der Waals surface area contributed by atoms with Gasteiger partial charge in [-0.1, -0.05) is 0 Å². The third-order valence-corrected chi connectivity index (χ3v) is 0.995. The van der Waals surface area contributed by atoms with Crippen molar-refractivity contribution >= 4 is 0 Å². The van der Waals surface area contributed by atoms with Gasteiger partial charge in [-0.25, -0.2) is 0 Å². The van der Waals surface area contributed by atoms with Gasteiger partial charge in [0.05, 0.1) is 13.2 Å². The molecule has 0 aromatic heterocycles. The molecule has 1 heterocycles. The van der Waals surface area contributed by atoms with Crippen LogP contribution in [-0.4, -0.2) is 37.6 Å². The molecule has 0 aromatic rings. The SMILES string of the molecule is CCO.[CH2-]CCOCC1CO1.[CH3-].[CH3-].[Ti+3]. The first-order chi connectivity index (χ1) is 5.35. The van der Waals surface area contributed by atoms with Crippen LogP contribution in [-0.2, 0) is 31.2 Å². The van der Waals surface area contributed by atoms with Gasteiger partial charge >= 0.3 is 21.7 Å². The maximum Gasteiger partial charge on any atom is 3.00 e. The van der Waals surface area contributed by atoms with Gasteiger partial charge in [0.1, 0.15) is 6.10 Å². The number of ether oxygens (including phenoxy) is 2. The summed E-state index contributed by atoms with van der Waals surface area (Å²) in [5.74, 6) is 0. The molecule has 0 saturated carbocycles. The maximum atomic E-state index is 7.57. The fourth-order valence-electron chi connectivity index (χ4n) is 0.481. The van der Waals surface area contributed by atoms with Gasteiger partial charge in [-0.15, -0.1) is 0 Å². The molecule has 0 aliphatic carbocycles. The molecule has 0 bridgehead atoms. The molecule has 1 unspecified atom stereocenters. The Morgan fingerprint density at radius 1 is 1.50 bits per heavy atom. The quantitative estimate of drug-likeness (QED) is 0.350. The molecular weight excluding hydrogens is 216 g/mol. The van der Waals surface area contributed by atoms with E-state index in [0.29, 0.717) is 6.10 Å². The Kier molecular flexibility index (Phi) is 33.0. The van der Waals surface area contributed by atoms with Crippen molar-refractivity contribution < 1.29 is 36.3 Å². The van der Waals surface area contributed by atoms with Gasteiger partial charge in [-0.05, 0) is 6.92 Å². The van der Waals surface area contributed by atoms with E-state index in [0.717, 1.165) is 26.2 Å². The van der Waals surface area contributed by atoms with Gasteiger partial charge in [-0.2, -0.15) is 6.42 Å². The third-order valence-electron chi connectivity index (χ3n) is 0.995. The summed E-state index contributed by atoms with van der Waals surface area (Å²) in [6, 6.07) is 0. The van der Waals surface area contributed by atoms with Crippen molar-refractivity contribution in [2.45, 2.75) is 19.4 Å². The Morgan fingerprint density at radius 3 is 2.21 bits per heavy atom. The van der Waals surface area contributed by atoms with Gasteiger partial charge in [0.25, 0.3) is 0 Å². The molecule has 0 amide bonds. The molecule has 1 N–H and O–H groups in total. The van der Waals surface area contributed by atoms with E-state index < -0.39 is 0 Å².